The molecule has 1 heterocycles. The lowest BCUT2D eigenvalue weighted by molar-refractivity contribution is 0.113. The van der Waals surface area contributed by atoms with Crippen LogP contribution in [0.2, 0.25) is 0 Å². The molecule has 1 fully saturated rings. The van der Waals surface area contributed by atoms with Gasteiger partial charge in [-0.1, -0.05) is 26.7 Å². The van der Waals surface area contributed by atoms with Crippen LogP contribution in [0.15, 0.2) is 15.9 Å². The molecule has 0 aromatic carbocycles. The molecule has 0 saturated heterocycles. The predicted molar refractivity (Wildman–Crippen MR) is 79.4 cm³/mol. The van der Waals surface area contributed by atoms with E-state index < -0.39 is 0 Å². The molecular formula is C14H22BrNS. The third-order valence-electron chi connectivity index (χ3n) is 4.17. The van der Waals surface area contributed by atoms with E-state index in [9.17, 15) is 0 Å². The lowest BCUT2D eigenvalue weighted by Crippen LogP contribution is -2.42. The molecule has 0 amide bonds. The van der Waals surface area contributed by atoms with E-state index in [-0.39, 0.29) is 0 Å². The zero-order valence-corrected chi connectivity index (χ0v) is 13.1. The van der Waals surface area contributed by atoms with Gasteiger partial charge in [-0.25, -0.2) is 0 Å². The molecule has 0 spiro atoms. The summed E-state index contributed by atoms with van der Waals surface area (Å²) in [6.07, 6.45) is 6.40. The highest BCUT2D eigenvalue weighted by atomic mass is 79.9. The van der Waals surface area contributed by atoms with Crippen molar-refractivity contribution in [2.45, 2.75) is 52.0 Å². The van der Waals surface area contributed by atoms with E-state index in [1.165, 1.54) is 35.0 Å². The maximum Gasteiger partial charge on any atom is 0.0285 e. The molecular weight excluding hydrogens is 294 g/mol. The maximum absolute atomic E-state index is 6.46. The second-order valence-electron chi connectivity index (χ2n) is 5.94. The molecule has 3 heteroatoms. The van der Waals surface area contributed by atoms with Crippen LogP contribution in [0, 0.1) is 11.3 Å². The van der Waals surface area contributed by atoms with E-state index >= 15 is 0 Å². The molecule has 17 heavy (non-hydrogen) atoms. The average Bonchev–Trinajstić information content (AvgIpc) is 2.63. The lowest BCUT2D eigenvalue weighted by Gasteiger charge is -2.42. The Labute approximate surface area is 117 Å². The van der Waals surface area contributed by atoms with Crippen molar-refractivity contribution in [1.82, 2.24) is 0 Å². The van der Waals surface area contributed by atoms with Crippen molar-refractivity contribution in [3.63, 3.8) is 0 Å². The third-order valence-corrected chi connectivity index (χ3v) is 5.89. The summed E-state index contributed by atoms with van der Waals surface area (Å²) in [7, 11) is 0. The molecule has 1 aromatic heterocycles. The molecule has 2 unspecified atom stereocenters. The van der Waals surface area contributed by atoms with Crippen LogP contribution in [0.4, 0.5) is 0 Å². The van der Waals surface area contributed by atoms with Gasteiger partial charge in [0.05, 0.1) is 0 Å². The van der Waals surface area contributed by atoms with Gasteiger partial charge >= 0.3 is 0 Å². The average molecular weight is 316 g/mol. The van der Waals surface area contributed by atoms with E-state index in [0.717, 1.165) is 6.42 Å². The van der Waals surface area contributed by atoms with E-state index in [4.69, 9.17) is 5.73 Å². The smallest absolute Gasteiger partial charge is 0.0285 e. The van der Waals surface area contributed by atoms with Crippen LogP contribution in [-0.4, -0.2) is 6.04 Å². The van der Waals surface area contributed by atoms with Gasteiger partial charge in [-0.15, -0.1) is 11.3 Å². The highest BCUT2D eigenvalue weighted by Gasteiger charge is 2.35. The van der Waals surface area contributed by atoms with E-state index in [1.54, 1.807) is 0 Å². The Morgan fingerprint density at radius 3 is 2.88 bits per heavy atom. The summed E-state index contributed by atoms with van der Waals surface area (Å²) < 4.78 is 1.19. The number of hydrogen-bond donors (Lipinski definition) is 1. The van der Waals surface area contributed by atoms with Gasteiger partial charge in [0.2, 0.25) is 0 Å². The first-order valence-corrected chi connectivity index (χ1v) is 8.15. The van der Waals surface area contributed by atoms with Crippen molar-refractivity contribution in [2.24, 2.45) is 17.1 Å². The van der Waals surface area contributed by atoms with Gasteiger partial charge < -0.3 is 5.73 Å². The molecule has 2 atom stereocenters. The molecule has 1 aliphatic carbocycles. The summed E-state index contributed by atoms with van der Waals surface area (Å²) in [5.41, 5.74) is 6.88. The first-order valence-electron chi connectivity index (χ1n) is 6.47. The summed E-state index contributed by atoms with van der Waals surface area (Å²) in [4.78, 5) is 1.41. The fraction of sp³-hybridized carbons (Fsp3) is 0.714. The van der Waals surface area contributed by atoms with Gasteiger partial charge in [0.15, 0.2) is 0 Å². The van der Waals surface area contributed by atoms with Crippen molar-refractivity contribution < 1.29 is 0 Å². The second kappa shape index (κ2) is 5.41. The number of thiophene rings is 1. The van der Waals surface area contributed by atoms with Gasteiger partial charge in [-0.05, 0) is 52.6 Å². The van der Waals surface area contributed by atoms with Crippen molar-refractivity contribution in [1.29, 1.82) is 0 Å². The topological polar surface area (TPSA) is 26.0 Å². The van der Waals surface area contributed by atoms with Crippen LogP contribution in [-0.2, 0) is 6.42 Å². The van der Waals surface area contributed by atoms with Crippen LogP contribution in [0.25, 0.3) is 0 Å². The standard InChI is InChI=1S/C14H22BrNS/c1-14(2)6-4-3-5-12(14)13(16)8-11-7-10(15)9-17-11/h7,9,12-13H,3-6,8,16H2,1-2H3. The summed E-state index contributed by atoms with van der Waals surface area (Å²) in [5.74, 6) is 0.678. The van der Waals surface area contributed by atoms with Gasteiger partial charge in [0.1, 0.15) is 0 Å². The second-order valence-corrected chi connectivity index (χ2v) is 7.85. The molecule has 2 rings (SSSR count). The summed E-state index contributed by atoms with van der Waals surface area (Å²) in [6, 6.07) is 2.52. The molecule has 1 aromatic rings. The van der Waals surface area contributed by atoms with Crippen molar-refractivity contribution in [3.05, 3.63) is 20.8 Å². The van der Waals surface area contributed by atoms with E-state index in [1.807, 2.05) is 11.3 Å². The van der Waals surface area contributed by atoms with Crippen LogP contribution >= 0.6 is 27.3 Å². The van der Waals surface area contributed by atoms with Crippen molar-refractivity contribution in [2.75, 3.05) is 0 Å². The van der Waals surface area contributed by atoms with E-state index in [2.05, 4.69) is 41.2 Å². The minimum Gasteiger partial charge on any atom is -0.327 e. The summed E-state index contributed by atoms with van der Waals surface area (Å²) >= 11 is 5.33. The van der Waals surface area contributed by atoms with Crippen LogP contribution in [0.3, 0.4) is 0 Å². The third kappa shape index (κ3) is 3.33. The Balaban J connectivity index is 2.01. The zero-order chi connectivity index (χ0) is 12.5. The largest absolute Gasteiger partial charge is 0.327 e. The fourth-order valence-electron chi connectivity index (χ4n) is 3.15. The molecule has 1 saturated carbocycles. The molecule has 2 N–H and O–H groups in total. The first-order chi connectivity index (χ1) is 7.99. The van der Waals surface area contributed by atoms with Gasteiger partial charge in [0, 0.05) is 20.8 Å². The van der Waals surface area contributed by atoms with Crippen LogP contribution in [0.5, 0.6) is 0 Å². The fourth-order valence-corrected chi connectivity index (χ4v) is 4.67. The molecule has 0 aliphatic heterocycles. The quantitative estimate of drug-likeness (QED) is 0.867. The van der Waals surface area contributed by atoms with Gasteiger partial charge in [-0.2, -0.15) is 0 Å². The van der Waals surface area contributed by atoms with Crippen molar-refractivity contribution in [3.8, 4) is 0 Å². The Hall–Kier alpha value is 0.140. The first kappa shape index (κ1) is 13.6. The molecule has 0 radical (unpaired) electrons. The lowest BCUT2D eigenvalue weighted by atomic mass is 9.65. The minimum atomic E-state index is 0.316. The number of hydrogen-bond acceptors (Lipinski definition) is 2. The molecule has 1 nitrogen and oxygen atoms in total. The van der Waals surface area contributed by atoms with Crippen LogP contribution < -0.4 is 5.73 Å². The maximum atomic E-state index is 6.46. The number of rotatable bonds is 3. The highest BCUT2D eigenvalue weighted by Crippen LogP contribution is 2.42. The Morgan fingerprint density at radius 2 is 2.29 bits per heavy atom. The summed E-state index contributed by atoms with van der Waals surface area (Å²) in [5, 5.41) is 2.15. The highest BCUT2D eigenvalue weighted by molar-refractivity contribution is 9.10. The Morgan fingerprint density at radius 1 is 1.53 bits per heavy atom. The Bertz CT molecular complexity index is 372. The van der Waals surface area contributed by atoms with Gasteiger partial charge in [-0.3, -0.25) is 0 Å². The number of halogens is 1. The minimum absolute atomic E-state index is 0.316. The number of nitrogens with two attached hydrogens (primary N) is 1. The Kier molecular flexibility index (Phi) is 4.32. The normalized spacial score (nSPS) is 25.8. The molecule has 0 bridgehead atoms. The van der Waals surface area contributed by atoms with Crippen molar-refractivity contribution >= 4 is 27.3 Å². The molecule has 96 valence electrons. The van der Waals surface area contributed by atoms with E-state index in [0.29, 0.717) is 17.4 Å². The van der Waals surface area contributed by atoms with Crippen LogP contribution in [0.1, 0.15) is 44.4 Å². The van der Waals surface area contributed by atoms with Gasteiger partial charge in [0.25, 0.3) is 0 Å². The summed E-state index contributed by atoms with van der Waals surface area (Å²) in [6.45, 7) is 4.78. The molecule has 1 aliphatic rings. The monoisotopic (exact) mass is 315 g/mol. The SMILES string of the molecule is CC1(C)CCCCC1C(N)Cc1cc(Br)cs1. The predicted octanol–water partition coefficient (Wildman–Crippen LogP) is 4.60. The zero-order valence-electron chi connectivity index (χ0n) is 10.7.